The van der Waals surface area contributed by atoms with E-state index < -0.39 is 0 Å². The first-order chi connectivity index (χ1) is 11.9. The Morgan fingerprint density at radius 3 is 2.71 bits per heavy atom. The summed E-state index contributed by atoms with van der Waals surface area (Å²) >= 11 is 0. The predicted octanol–water partition coefficient (Wildman–Crippen LogP) is 2.83. The Labute approximate surface area is 143 Å². The lowest BCUT2D eigenvalue weighted by molar-refractivity contribution is 0.207. The van der Waals surface area contributed by atoms with Crippen LogP contribution in [0.5, 0.6) is 0 Å². The second-order valence-electron chi connectivity index (χ2n) is 7.08. The average Bonchev–Trinajstić information content (AvgIpc) is 3.04. The molecule has 0 spiro atoms. The second-order valence-corrected chi connectivity index (χ2v) is 7.08. The SMILES string of the molecule is c1ccc(CN2C[C@@H]3CCC[C@H](CNc4ncccn4)[C@@H]3C2)nc1. The maximum atomic E-state index is 4.48. The molecule has 5 nitrogen and oxygen atoms in total. The highest BCUT2D eigenvalue weighted by Gasteiger charge is 2.39. The summed E-state index contributed by atoms with van der Waals surface area (Å²) in [5, 5.41) is 3.44. The summed E-state index contributed by atoms with van der Waals surface area (Å²) in [6.45, 7) is 4.39. The third-order valence-electron chi connectivity index (χ3n) is 5.52. The first-order valence-electron chi connectivity index (χ1n) is 9.01. The van der Waals surface area contributed by atoms with Crippen molar-refractivity contribution in [1.82, 2.24) is 19.9 Å². The van der Waals surface area contributed by atoms with Gasteiger partial charge < -0.3 is 5.32 Å². The van der Waals surface area contributed by atoms with Gasteiger partial charge in [0.1, 0.15) is 0 Å². The van der Waals surface area contributed by atoms with E-state index in [1.165, 1.54) is 38.0 Å². The summed E-state index contributed by atoms with van der Waals surface area (Å²) in [5.74, 6) is 3.11. The monoisotopic (exact) mass is 323 g/mol. The molecule has 0 radical (unpaired) electrons. The molecule has 0 aromatic carbocycles. The zero-order valence-electron chi connectivity index (χ0n) is 14.0. The quantitative estimate of drug-likeness (QED) is 0.917. The molecule has 2 aliphatic rings. The van der Waals surface area contributed by atoms with Crippen LogP contribution in [0.4, 0.5) is 5.95 Å². The van der Waals surface area contributed by atoms with Gasteiger partial charge in [-0.15, -0.1) is 0 Å². The number of hydrogen-bond acceptors (Lipinski definition) is 5. The van der Waals surface area contributed by atoms with Gasteiger partial charge in [-0.3, -0.25) is 9.88 Å². The maximum Gasteiger partial charge on any atom is 0.222 e. The molecule has 1 aliphatic carbocycles. The predicted molar refractivity (Wildman–Crippen MR) is 94.4 cm³/mol. The highest BCUT2D eigenvalue weighted by Crippen LogP contribution is 2.40. The Balaban J connectivity index is 1.36. The van der Waals surface area contributed by atoms with Gasteiger partial charge >= 0.3 is 0 Å². The Morgan fingerprint density at radius 1 is 1.00 bits per heavy atom. The number of hydrogen-bond donors (Lipinski definition) is 1. The van der Waals surface area contributed by atoms with Gasteiger partial charge in [-0.2, -0.15) is 0 Å². The molecule has 0 amide bonds. The van der Waals surface area contributed by atoms with Crippen molar-refractivity contribution in [3.05, 3.63) is 48.5 Å². The third-order valence-corrected chi connectivity index (χ3v) is 5.52. The number of nitrogens with one attached hydrogen (secondary N) is 1. The summed E-state index contributed by atoms with van der Waals surface area (Å²) in [6.07, 6.45) is 9.53. The van der Waals surface area contributed by atoms with E-state index in [-0.39, 0.29) is 0 Å². The van der Waals surface area contributed by atoms with Crippen molar-refractivity contribution >= 4 is 5.95 Å². The van der Waals surface area contributed by atoms with Gasteiger partial charge in [0.05, 0.1) is 5.69 Å². The fourth-order valence-corrected chi connectivity index (χ4v) is 4.40. The highest BCUT2D eigenvalue weighted by atomic mass is 15.2. The van der Waals surface area contributed by atoms with Gasteiger partial charge in [0.25, 0.3) is 0 Å². The number of pyridine rings is 1. The average molecular weight is 323 g/mol. The molecule has 4 rings (SSSR count). The molecular weight excluding hydrogens is 298 g/mol. The number of aromatic nitrogens is 3. The van der Waals surface area contributed by atoms with Gasteiger partial charge in [-0.05, 0) is 48.8 Å². The Bertz CT molecular complexity index is 633. The van der Waals surface area contributed by atoms with E-state index in [1.54, 1.807) is 12.4 Å². The van der Waals surface area contributed by atoms with Crippen molar-refractivity contribution in [1.29, 1.82) is 0 Å². The van der Waals surface area contributed by atoms with Crippen LogP contribution >= 0.6 is 0 Å². The van der Waals surface area contributed by atoms with Crippen LogP contribution in [0.2, 0.25) is 0 Å². The topological polar surface area (TPSA) is 53.9 Å². The van der Waals surface area contributed by atoms with Crippen molar-refractivity contribution in [3.63, 3.8) is 0 Å². The lowest BCUT2D eigenvalue weighted by Crippen LogP contribution is -2.32. The largest absolute Gasteiger partial charge is 0.354 e. The zero-order valence-corrected chi connectivity index (χ0v) is 14.0. The van der Waals surface area contributed by atoms with Crippen molar-refractivity contribution in [2.45, 2.75) is 25.8 Å². The van der Waals surface area contributed by atoms with Crippen molar-refractivity contribution in [2.24, 2.45) is 17.8 Å². The van der Waals surface area contributed by atoms with Crippen LogP contribution in [-0.4, -0.2) is 39.5 Å². The number of nitrogens with zero attached hydrogens (tertiary/aromatic N) is 4. The number of rotatable bonds is 5. The summed E-state index contributed by atoms with van der Waals surface area (Å²) in [4.78, 5) is 15.6. The molecule has 0 unspecified atom stereocenters. The molecule has 3 atom stereocenters. The number of likely N-dealkylation sites (tertiary alicyclic amines) is 1. The Hall–Kier alpha value is -2.01. The normalized spacial score (nSPS) is 26.9. The molecule has 1 saturated heterocycles. The molecular formula is C19H25N5. The van der Waals surface area contributed by atoms with Crippen LogP contribution in [0.1, 0.15) is 25.0 Å². The van der Waals surface area contributed by atoms with Crippen LogP contribution in [0.15, 0.2) is 42.9 Å². The highest BCUT2D eigenvalue weighted by molar-refractivity contribution is 5.22. The minimum atomic E-state index is 0.723. The molecule has 2 aromatic heterocycles. The molecule has 3 heterocycles. The van der Waals surface area contributed by atoms with E-state index in [4.69, 9.17) is 0 Å². The van der Waals surface area contributed by atoms with E-state index in [0.717, 1.165) is 36.8 Å². The molecule has 1 aliphatic heterocycles. The van der Waals surface area contributed by atoms with E-state index in [2.05, 4.69) is 37.3 Å². The lowest BCUT2D eigenvalue weighted by Gasteiger charge is -2.33. The molecule has 126 valence electrons. The van der Waals surface area contributed by atoms with Gasteiger partial charge in [-0.25, -0.2) is 9.97 Å². The van der Waals surface area contributed by atoms with Gasteiger partial charge in [0, 0.05) is 44.8 Å². The van der Waals surface area contributed by atoms with Crippen molar-refractivity contribution < 1.29 is 0 Å². The lowest BCUT2D eigenvalue weighted by atomic mass is 9.74. The molecule has 2 aromatic rings. The van der Waals surface area contributed by atoms with E-state index in [1.807, 2.05) is 18.3 Å². The van der Waals surface area contributed by atoms with Gasteiger partial charge in [-0.1, -0.05) is 12.5 Å². The minimum absolute atomic E-state index is 0.723. The standard InChI is InChI=1S/C19H25N5/c1-2-8-20-17(7-1)13-24-12-16-6-3-5-15(18(16)14-24)11-23-19-21-9-4-10-22-19/h1-2,4,7-10,15-16,18H,3,5-6,11-14H2,(H,21,22,23)/t15-,16+,18+/m1/s1. The van der Waals surface area contributed by atoms with E-state index in [0.29, 0.717) is 0 Å². The minimum Gasteiger partial charge on any atom is -0.354 e. The first-order valence-corrected chi connectivity index (χ1v) is 9.01. The third kappa shape index (κ3) is 3.56. The molecule has 5 heteroatoms. The van der Waals surface area contributed by atoms with E-state index >= 15 is 0 Å². The molecule has 0 bridgehead atoms. The molecule has 1 N–H and O–H groups in total. The summed E-state index contributed by atoms with van der Waals surface area (Å²) in [7, 11) is 0. The molecule has 24 heavy (non-hydrogen) atoms. The van der Waals surface area contributed by atoms with Gasteiger partial charge in [0.2, 0.25) is 5.95 Å². The van der Waals surface area contributed by atoms with Crippen LogP contribution in [-0.2, 0) is 6.54 Å². The van der Waals surface area contributed by atoms with Crippen LogP contribution in [0.3, 0.4) is 0 Å². The van der Waals surface area contributed by atoms with Gasteiger partial charge in [0.15, 0.2) is 0 Å². The second kappa shape index (κ2) is 7.26. The van der Waals surface area contributed by atoms with Crippen molar-refractivity contribution in [2.75, 3.05) is 25.0 Å². The Kier molecular flexibility index (Phi) is 4.69. The molecule has 1 saturated carbocycles. The smallest absolute Gasteiger partial charge is 0.222 e. The summed E-state index contributed by atoms with van der Waals surface area (Å²) < 4.78 is 0. The first kappa shape index (κ1) is 15.5. The van der Waals surface area contributed by atoms with E-state index in [9.17, 15) is 0 Å². The summed E-state index contributed by atoms with van der Waals surface area (Å²) in [5.41, 5.74) is 1.18. The molecule has 2 fully saturated rings. The van der Waals surface area contributed by atoms with Crippen LogP contribution < -0.4 is 5.32 Å². The fourth-order valence-electron chi connectivity index (χ4n) is 4.40. The maximum absolute atomic E-state index is 4.48. The number of fused-ring (bicyclic) bond motifs is 1. The number of anilines is 1. The van der Waals surface area contributed by atoms with Crippen LogP contribution in [0.25, 0.3) is 0 Å². The fraction of sp³-hybridized carbons (Fsp3) is 0.526. The zero-order chi connectivity index (χ0) is 16.2. The Morgan fingerprint density at radius 2 is 1.88 bits per heavy atom. The van der Waals surface area contributed by atoms with Crippen molar-refractivity contribution in [3.8, 4) is 0 Å². The van der Waals surface area contributed by atoms with Crippen LogP contribution in [0, 0.1) is 17.8 Å². The summed E-state index contributed by atoms with van der Waals surface area (Å²) in [6, 6.07) is 8.06.